The first-order valence-corrected chi connectivity index (χ1v) is 5.95. The van der Waals surface area contributed by atoms with Crippen LogP contribution in [0.5, 0.6) is 5.75 Å². The minimum atomic E-state index is -0.314. The molecule has 0 saturated carbocycles. The molecule has 0 aliphatic rings. The fourth-order valence-corrected chi connectivity index (χ4v) is 1.72. The van der Waals surface area contributed by atoms with E-state index in [0.29, 0.717) is 22.6 Å². The average Bonchev–Trinajstić information content (AvgIpc) is 2.47. The van der Waals surface area contributed by atoms with Gasteiger partial charge in [-0.3, -0.25) is 9.78 Å². The third-order valence-corrected chi connectivity index (χ3v) is 2.73. The van der Waals surface area contributed by atoms with Crippen LogP contribution < -0.4 is 10.1 Å². The molecule has 0 fully saturated rings. The molecule has 5 heteroatoms. The molecule has 0 atom stereocenters. The molecule has 0 aliphatic heterocycles. The molecule has 100 valence electrons. The number of amides is 1. The molecule has 2 aromatic rings. The summed E-state index contributed by atoms with van der Waals surface area (Å²) in [6.07, 6.45) is 3.15. The van der Waals surface area contributed by atoms with Crippen molar-refractivity contribution in [2.45, 2.75) is 6.92 Å². The predicted octanol–water partition coefficient (Wildman–Crippen LogP) is 2.52. The Morgan fingerprint density at radius 3 is 2.80 bits per heavy atom. The third-order valence-electron chi connectivity index (χ3n) is 2.73. The highest BCUT2D eigenvalue weighted by Gasteiger charge is 2.10. The number of carbonyl (C=O) groups is 1. The van der Waals surface area contributed by atoms with Crippen molar-refractivity contribution in [3.8, 4) is 11.8 Å². The smallest absolute Gasteiger partial charge is 0.257 e. The minimum absolute atomic E-state index is 0.314. The number of pyridine rings is 1. The number of benzene rings is 1. The summed E-state index contributed by atoms with van der Waals surface area (Å²) in [4.78, 5) is 16.1. The summed E-state index contributed by atoms with van der Waals surface area (Å²) in [5.41, 5.74) is 2.12. The third kappa shape index (κ3) is 2.93. The number of aryl methyl sites for hydroxylation is 1. The summed E-state index contributed by atoms with van der Waals surface area (Å²) in [7, 11) is 1.53. The maximum Gasteiger partial charge on any atom is 0.257 e. The summed E-state index contributed by atoms with van der Waals surface area (Å²) < 4.78 is 5.09. The number of nitrogens with zero attached hydrogens (tertiary/aromatic N) is 2. The van der Waals surface area contributed by atoms with Crippen molar-refractivity contribution < 1.29 is 9.53 Å². The number of carbonyl (C=O) groups excluding carboxylic acids is 1. The van der Waals surface area contributed by atoms with Crippen LogP contribution in [0.2, 0.25) is 0 Å². The largest absolute Gasteiger partial charge is 0.497 e. The number of anilines is 1. The second-order valence-electron chi connectivity index (χ2n) is 4.23. The zero-order valence-corrected chi connectivity index (χ0v) is 11.2. The first kappa shape index (κ1) is 13.6. The average molecular weight is 267 g/mol. The van der Waals surface area contributed by atoms with Crippen molar-refractivity contribution in [1.82, 2.24) is 4.98 Å². The van der Waals surface area contributed by atoms with E-state index in [0.717, 1.165) is 5.56 Å². The van der Waals surface area contributed by atoms with Crippen LogP contribution in [-0.4, -0.2) is 18.0 Å². The summed E-state index contributed by atoms with van der Waals surface area (Å²) >= 11 is 0. The van der Waals surface area contributed by atoms with E-state index in [9.17, 15) is 4.79 Å². The first-order chi connectivity index (χ1) is 9.63. The van der Waals surface area contributed by atoms with Crippen LogP contribution in [0.4, 0.5) is 5.69 Å². The van der Waals surface area contributed by atoms with E-state index in [1.54, 1.807) is 30.5 Å². The number of aromatic nitrogens is 1. The molecule has 1 aromatic heterocycles. The SMILES string of the molecule is COc1ccc(C#N)c(NC(=O)c2cncc(C)c2)c1. The maximum absolute atomic E-state index is 12.1. The van der Waals surface area contributed by atoms with Crippen molar-refractivity contribution in [2.75, 3.05) is 12.4 Å². The van der Waals surface area contributed by atoms with Crippen molar-refractivity contribution >= 4 is 11.6 Å². The minimum Gasteiger partial charge on any atom is -0.497 e. The van der Waals surface area contributed by atoms with Gasteiger partial charge in [0.2, 0.25) is 0 Å². The van der Waals surface area contributed by atoms with Crippen LogP contribution in [0.1, 0.15) is 21.5 Å². The number of methoxy groups -OCH3 is 1. The molecular formula is C15H13N3O2. The fourth-order valence-electron chi connectivity index (χ4n) is 1.72. The Labute approximate surface area is 116 Å². The van der Waals surface area contributed by atoms with Crippen LogP contribution in [-0.2, 0) is 0 Å². The molecule has 0 saturated heterocycles. The second-order valence-corrected chi connectivity index (χ2v) is 4.23. The molecule has 0 aliphatic carbocycles. The molecule has 5 nitrogen and oxygen atoms in total. The van der Waals surface area contributed by atoms with Crippen LogP contribution in [0.3, 0.4) is 0 Å². The van der Waals surface area contributed by atoms with Crippen molar-refractivity contribution in [3.63, 3.8) is 0 Å². The van der Waals surface area contributed by atoms with Crippen molar-refractivity contribution in [2.24, 2.45) is 0 Å². The molecule has 0 radical (unpaired) electrons. The highest BCUT2D eigenvalue weighted by molar-refractivity contribution is 6.04. The van der Waals surface area contributed by atoms with Gasteiger partial charge in [-0.05, 0) is 30.7 Å². The molecule has 0 unspecified atom stereocenters. The Hall–Kier alpha value is -2.87. The van der Waals surface area contributed by atoms with E-state index in [1.165, 1.54) is 13.3 Å². The van der Waals surface area contributed by atoms with Gasteiger partial charge in [0.25, 0.3) is 5.91 Å². The number of nitriles is 1. The van der Waals surface area contributed by atoms with Gasteiger partial charge in [-0.2, -0.15) is 5.26 Å². The predicted molar refractivity (Wildman–Crippen MR) is 74.6 cm³/mol. The van der Waals surface area contributed by atoms with Gasteiger partial charge in [-0.1, -0.05) is 0 Å². The Morgan fingerprint density at radius 2 is 2.15 bits per heavy atom. The van der Waals surface area contributed by atoms with Gasteiger partial charge in [0.05, 0.1) is 23.9 Å². The molecule has 2 rings (SSSR count). The first-order valence-electron chi connectivity index (χ1n) is 5.95. The van der Waals surface area contributed by atoms with E-state index < -0.39 is 0 Å². The molecule has 1 aromatic carbocycles. The Balaban J connectivity index is 2.30. The van der Waals surface area contributed by atoms with Crippen LogP contribution in [0, 0.1) is 18.3 Å². The number of hydrogen-bond donors (Lipinski definition) is 1. The van der Waals surface area contributed by atoms with Gasteiger partial charge in [-0.25, -0.2) is 0 Å². The summed E-state index contributed by atoms with van der Waals surface area (Å²) in [5, 5.41) is 11.8. The quantitative estimate of drug-likeness (QED) is 0.927. The zero-order chi connectivity index (χ0) is 14.5. The molecule has 20 heavy (non-hydrogen) atoms. The fraction of sp³-hybridized carbons (Fsp3) is 0.133. The summed E-state index contributed by atoms with van der Waals surface area (Å²) in [6, 6.07) is 8.64. The lowest BCUT2D eigenvalue weighted by molar-refractivity contribution is 0.102. The standard InChI is InChI=1S/C15H13N3O2/c1-10-5-12(9-17-8-10)15(19)18-14-6-13(20-2)4-3-11(14)7-16/h3-6,8-9H,1-2H3,(H,18,19). The lowest BCUT2D eigenvalue weighted by Crippen LogP contribution is -2.13. The molecule has 0 bridgehead atoms. The summed E-state index contributed by atoms with van der Waals surface area (Å²) in [6.45, 7) is 1.86. The molecule has 0 spiro atoms. The van der Waals surface area contributed by atoms with Gasteiger partial charge >= 0.3 is 0 Å². The number of hydrogen-bond acceptors (Lipinski definition) is 4. The Bertz CT molecular complexity index is 690. The highest BCUT2D eigenvalue weighted by atomic mass is 16.5. The highest BCUT2D eigenvalue weighted by Crippen LogP contribution is 2.22. The van der Waals surface area contributed by atoms with Crippen molar-refractivity contribution in [3.05, 3.63) is 53.3 Å². The van der Waals surface area contributed by atoms with Crippen LogP contribution in [0.15, 0.2) is 36.7 Å². The van der Waals surface area contributed by atoms with Crippen molar-refractivity contribution in [1.29, 1.82) is 5.26 Å². The van der Waals surface area contributed by atoms with E-state index in [4.69, 9.17) is 10.00 Å². The second kappa shape index (κ2) is 5.85. The van der Waals surface area contributed by atoms with E-state index in [-0.39, 0.29) is 5.91 Å². The van der Waals surface area contributed by atoms with E-state index in [1.807, 2.05) is 13.0 Å². The monoisotopic (exact) mass is 267 g/mol. The van der Waals surface area contributed by atoms with Crippen LogP contribution in [0.25, 0.3) is 0 Å². The topological polar surface area (TPSA) is 75.0 Å². The molecule has 1 amide bonds. The number of rotatable bonds is 3. The van der Waals surface area contributed by atoms with E-state index >= 15 is 0 Å². The van der Waals surface area contributed by atoms with Gasteiger partial charge in [-0.15, -0.1) is 0 Å². The normalized spacial score (nSPS) is 9.65. The van der Waals surface area contributed by atoms with E-state index in [2.05, 4.69) is 10.3 Å². The maximum atomic E-state index is 12.1. The molecule has 1 heterocycles. The van der Waals surface area contributed by atoms with Gasteiger partial charge < -0.3 is 10.1 Å². The van der Waals surface area contributed by atoms with Gasteiger partial charge in [0, 0.05) is 18.5 Å². The zero-order valence-electron chi connectivity index (χ0n) is 11.2. The molecule has 1 N–H and O–H groups in total. The lowest BCUT2D eigenvalue weighted by Gasteiger charge is -2.09. The Kier molecular flexibility index (Phi) is 3.96. The number of nitrogens with one attached hydrogen (secondary N) is 1. The number of ether oxygens (including phenoxy) is 1. The molecular weight excluding hydrogens is 254 g/mol. The lowest BCUT2D eigenvalue weighted by atomic mass is 10.1. The van der Waals surface area contributed by atoms with Gasteiger partial charge in [0.1, 0.15) is 11.8 Å². The Morgan fingerprint density at radius 1 is 1.35 bits per heavy atom. The van der Waals surface area contributed by atoms with Gasteiger partial charge in [0.15, 0.2) is 0 Å². The summed E-state index contributed by atoms with van der Waals surface area (Å²) in [5.74, 6) is 0.257. The van der Waals surface area contributed by atoms with Crippen LogP contribution >= 0.6 is 0 Å².